The lowest BCUT2D eigenvalue weighted by molar-refractivity contribution is 0.0817. The number of halogens is 2. The van der Waals surface area contributed by atoms with Crippen LogP contribution in [-0.4, -0.2) is 34.4 Å². The molecule has 1 N–H and O–H groups in total. The van der Waals surface area contributed by atoms with E-state index in [-0.39, 0.29) is 5.28 Å². The van der Waals surface area contributed by atoms with Gasteiger partial charge in [0.15, 0.2) is 5.82 Å². The molecule has 0 radical (unpaired) electrons. The summed E-state index contributed by atoms with van der Waals surface area (Å²) in [5.41, 5.74) is 1.81. The van der Waals surface area contributed by atoms with Gasteiger partial charge >= 0.3 is 0 Å². The van der Waals surface area contributed by atoms with E-state index in [1.54, 1.807) is 6.20 Å². The first kappa shape index (κ1) is 19.1. The zero-order valence-electron chi connectivity index (χ0n) is 15.0. The Hall–Kier alpha value is -1.67. The predicted molar refractivity (Wildman–Crippen MR) is 109 cm³/mol. The molecule has 0 aliphatic heterocycles. The lowest BCUT2D eigenvalue weighted by Gasteiger charge is -2.15. The smallest absolute Gasteiger partial charge is 0.224 e. The van der Waals surface area contributed by atoms with Gasteiger partial charge in [-0.2, -0.15) is 10.1 Å². The van der Waals surface area contributed by atoms with Crippen LogP contribution in [0.1, 0.15) is 0 Å². The van der Waals surface area contributed by atoms with Crippen LogP contribution in [0.3, 0.4) is 0 Å². The quantitative estimate of drug-likeness (QED) is 0.330. The van der Waals surface area contributed by atoms with E-state index in [2.05, 4.69) is 40.0 Å². The van der Waals surface area contributed by atoms with Crippen molar-refractivity contribution >= 4 is 53.7 Å². The normalized spacial score (nSPS) is 11.9. The molecule has 0 bridgehead atoms. The fraction of sp³-hybridized carbons (Fsp3) is 0.353. The summed E-state index contributed by atoms with van der Waals surface area (Å²) < 4.78 is 7.66. The average Bonchev–Trinajstić information content (AvgIpc) is 2.98. The Morgan fingerprint density at radius 2 is 2.00 bits per heavy atom. The van der Waals surface area contributed by atoms with E-state index in [1.165, 1.54) is 6.20 Å². The molecule has 0 saturated carbocycles. The first-order chi connectivity index (χ1) is 12.3. The molecular formula is C17H21Cl2N5OSi. The van der Waals surface area contributed by atoms with Gasteiger partial charge < -0.3 is 10.1 Å². The van der Waals surface area contributed by atoms with Gasteiger partial charge in [0.25, 0.3) is 0 Å². The van der Waals surface area contributed by atoms with Crippen LogP contribution in [0.2, 0.25) is 36.0 Å². The summed E-state index contributed by atoms with van der Waals surface area (Å²) in [5.74, 6) is 0.457. The molecule has 0 saturated heterocycles. The molecule has 2 aromatic heterocycles. The van der Waals surface area contributed by atoms with Crippen molar-refractivity contribution in [3.63, 3.8) is 0 Å². The van der Waals surface area contributed by atoms with E-state index in [1.807, 2.05) is 22.9 Å². The second-order valence-electron chi connectivity index (χ2n) is 7.19. The molecule has 0 atom stereocenters. The highest BCUT2D eigenvalue weighted by Crippen LogP contribution is 2.29. The molecular weight excluding hydrogens is 389 g/mol. The van der Waals surface area contributed by atoms with Gasteiger partial charge in [-0.1, -0.05) is 37.3 Å². The van der Waals surface area contributed by atoms with E-state index in [9.17, 15) is 0 Å². The molecule has 0 unspecified atom stereocenters. The summed E-state index contributed by atoms with van der Waals surface area (Å²) in [6, 6.07) is 7.02. The standard InChI is InChI=1S/C17H21Cl2N5OSi/c1-26(2,3)8-7-25-11-24-15-6-4-5-14(12(15)9-21-24)22-16-13(18)10-20-17(19)23-16/h4-6,9-10H,7-8,11H2,1-3H3,(H,20,22,23). The third-order valence-electron chi connectivity index (χ3n) is 3.87. The van der Waals surface area contributed by atoms with Gasteiger partial charge in [0.1, 0.15) is 11.8 Å². The van der Waals surface area contributed by atoms with Crippen LogP contribution in [0.4, 0.5) is 11.5 Å². The minimum absolute atomic E-state index is 0.135. The second kappa shape index (κ2) is 7.92. The molecule has 0 spiro atoms. The minimum atomic E-state index is -1.10. The van der Waals surface area contributed by atoms with Gasteiger partial charge in [-0.25, -0.2) is 9.67 Å². The van der Waals surface area contributed by atoms with E-state index in [0.717, 1.165) is 29.2 Å². The maximum atomic E-state index is 6.14. The fourth-order valence-electron chi connectivity index (χ4n) is 2.41. The third-order valence-corrected chi connectivity index (χ3v) is 6.03. The highest BCUT2D eigenvalue weighted by Gasteiger charge is 2.13. The number of nitrogens with one attached hydrogen (secondary N) is 1. The van der Waals surface area contributed by atoms with Crippen molar-refractivity contribution in [2.45, 2.75) is 32.4 Å². The van der Waals surface area contributed by atoms with Crippen molar-refractivity contribution in [1.29, 1.82) is 0 Å². The Balaban J connectivity index is 1.77. The zero-order chi connectivity index (χ0) is 18.7. The lowest BCUT2D eigenvalue weighted by atomic mass is 10.2. The predicted octanol–water partition coefficient (Wildman–Crippen LogP) is 5.19. The van der Waals surface area contributed by atoms with E-state index in [4.69, 9.17) is 27.9 Å². The van der Waals surface area contributed by atoms with Crippen LogP contribution in [0.5, 0.6) is 0 Å². The van der Waals surface area contributed by atoms with Crippen molar-refractivity contribution in [2.75, 3.05) is 11.9 Å². The molecule has 6 nitrogen and oxygen atoms in total. The van der Waals surface area contributed by atoms with E-state index in [0.29, 0.717) is 17.6 Å². The Morgan fingerprint density at radius 1 is 1.19 bits per heavy atom. The van der Waals surface area contributed by atoms with Gasteiger partial charge in [-0.3, -0.25) is 0 Å². The maximum absolute atomic E-state index is 6.14. The molecule has 138 valence electrons. The summed E-state index contributed by atoms with van der Waals surface area (Å²) in [5, 5.41) is 9.13. The molecule has 0 aliphatic carbocycles. The highest BCUT2D eigenvalue weighted by atomic mass is 35.5. The highest BCUT2D eigenvalue weighted by molar-refractivity contribution is 6.76. The number of nitrogens with zero attached hydrogens (tertiary/aromatic N) is 4. The molecule has 0 amide bonds. The number of hydrogen-bond donors (Lipinski definition) is 1. The number of hydrogen-bond acceptors (Lipinski definition) is 5. The fourth-order valence-corrected chi connectivity index (χ4v) is 3.43. The Morgan fingerprint density at radius 3 is 2.77 bits per heavy atom. The molecule has 3 aromatic rings. The molecule has 0 aliphatic rings. The summed E-state index contributed by atoms with van der Waals surface area (Å²) >= 11 is 12.0. The van der Waals surface area contributed by atoms with Crippen molar-refractivity contribution in [3.05, 3.63) is 40.9 Å². The van der Waals surface area contributed by atoms with Crippen LogP contribution < -0.4 is 5.32 Å². The molecule has 0 fully saturated rings. The van der Waals surface area contributed by atoms with Gasteiger partial charge in [-0.05, 0) is 29.8 Å². The zero-order valence-corrected chi connectivity index (χ0v) is 17.5. The summed E-state index contributed by atoms with van der Waals surface area (Å²) in [4.78, 5) is 7.99. The number of fused-ring (bicyclic) bond motifs is 1. The summed E-state index contributed by atoms with van der Waals surface area (Å²) in [6.45, 7) is 8.19. The van der Waals surface area contributed by atoms with Crippen LogP contribution in [0, 0.1) is 0 Å². The topological polar surface area (TPSA) is 64.9 Å². The van der Waals surface area contributed by atoms with Crippen molar-refractivity contribution < 1.29 is 4.74 Å². The van der Waals surface area contributed by atoms with E-state index < -0.39 is 8.07 Å². The molecule has 3 rings (SSSR count). The van der Waals surface area contributed by atoms with Crippen molar-refractivity contribution in [3.8, 4) is 0 Å². The number of aromatic nitrogens is 4. The largest absolute Gasteiger partial charge is 0.360 e. The Kier molecular flexibility index (Phi) is 5.81. The SMILES string of the molecule is C[Si](C)(C)CCOCn1ncc2c(Nc3nc(Cl)ncc3Cl)cccc21. The molecule has 26 heavy (non-hydrogen) atoms. The lowest BCUT2D eigenvalue weighted by Crippen LogP contribution is -2.22. The average molecular weight is 410 g/mol. The second-order valence-corrected chi connectivity index (χ2v) is 13.6. The number of anilines is 2. The van der Waals surface area contributed by atoms with E-state index >= 15 is 0 Å². The van der Waals surface area contributed by atoms with Crippen molar-refractivity contribution in [2.24, 2.45) is 0 Å². The Labute approximate surface area is 163 Å². The van der Waals surface area contributed by atoms with Gasteiger partial charge in [-0.15, -0.1) is 0 Å². The van der Waals surface area contributed by atoms with Crippen LogP contribution >= 0.6 is 23.2 Å². The number of benzene rings is 1. The molecule has 1 aromatic carbocycles. The maximum Gasteiger partial charge on any atom is 0.224 e. The molecule has 9 heteroatoms. The van der Waals surface area contributed by atoms with Gasteiger partial charge in [0, 0.05) is 20.1 Å². The first-order valence-corrected chi connectivity index (χ1v) is 12.8. The van der Waals surface area contributed by atoms with Crippen LogP contribution in [0.15, 0.2) is 30.6 Å². The third kappa shape index (κ3) is 4.73. The summed E-state index contributed by atoms with van der Waals surface area (Å²) in [7, 11) is -1.10. The first-order valence-electron chi connectivity index (χ1n) is 8.31. The molecule has 2 heterocycles. The van der Waals surface area contributed by atoms with Crippen molar-refractivity contribution in [1.82, 2.24) is 19.7 Å². The number of rotatable bonds is 7. The van der Waals surface area contributed by atoms with Gasteiger partial charge in [0.2, 0.25) is 5.28 Å². The minimum Gasteiger partial charge on any atom is -0.360 e. The van der Waals surface area contributed by atoms with Gasteiger partial charge in [0.05, 0.1) is 23.6 Å². The van der Waals surface area contributed by atoms with Crippen LogP contribution in [0.25, 0.3) is 10.9 Å². The van der Waals surface area contributed by atoms with Crippen LogP contribution in [-0.2, 0) is 11.5 Å². The summed E-state index contributed by atoms with van der Waals surface area (Å²) in [6.07, 6.45) is 3.27. The monoisotopic (exact) mass is 409 g/mol. The Bertz CT molecular complexity index is 910. The number of ether oxygens (including phenoxy) is 1.